The number of benzene rings is 1. The molecule has 1 aromatic heterocycles. The van der Waals surface area contributed by atoms with Gasteiger partial charge in [0.1, 0.15) is 5.82 Å². The summed E-state index contributed by atoms with van der Waals surface area (Å²) in [7, 11) is 0. The molecule has 0 fully saturated rings. The molecule has 0 aliphatic heterocycles. The largest absolute Gasteiger partial charge is 0.339 e. The van der Waals surface area contributed by atoms with Crippen LogP contribution in [0.25, 0.3) is 0 Å². The SMILES string of the molecule is O=C(CCCc1ccc(Br)cc1)NNC(=O)Nc1ccccn1. The van der Waals surface area contributed by atoms with Gasteiger partial charge in [-0.15, -0.1) is 0 Å². The van der Waals surface area contributed by atoms with Gasteiger partial charge in [-0.05, 0) is 42.7 Å². The van der Waals surface area contributed by atoms with Gasteiger partial charge in [-0.1, -0.05) is 34.1 Å². The Morgan fingerprint density at radius 3 is 2.52 bits per heavy atom. The maximum atomic E-state index is 11.7. The smallest absolute Gasteiger partial charge is 0.291 e. The summed E-state index contributed by atoms with van der Waals surface area (Å²) >= 11 is 3.38. The summed E-state index contributed by atoms with van der Waals surface area (Å²) in [5.74, 6) is 0.174. The molecule has 3 N–H and O–H groups in total. The van der Waals surface area contributed by atoms with E-state index in [9.17, 15) is 9.59 Å². The van der Waals surface area contributed by atoms with Gasteiger partial charge < -0.3 is 0 Å². The van der Waals surface area contributed by atoms with Crippen LogP contribution >= 0.6 is 15.9 Å². The number of nitrogens with one attached hydrogen (secondary N) is 3. The monoisotopic (exact) mass is 376 g/mol. The normalized spacial score (nSPS) is 9.96. The molecule has 3 amide bonds. The fourth-order valence-electron chi connectivity index (χ4n) is 1.88. The minimum atomic E-state index is -0.537. The summed E-state index contributed by atoms with van der Waals surface area (Å²) in [6.45, 7) is 0. The summed E-state index contributed by atoms with van der Waals surface area (Å²) < 4.78 is 1.03. The molecule has 23 heavy (non-hydrogen) atoms. The molecule has 0 aliphatic rings. The average molecular weight is 377 g/mol. The number of anilines is 1. The van der Waals surface area contributed by atoms with Gasteiger partial charge in [0.2, 0.25) is 5.91 Å². The maximum Gasteiger partial charge on any atom is 0.339 e. The molecule has 1 heterocycles. The number of halogens is 1. The lowest BCUT2D eigenvalue weighted by atomic mass is 10.1. The minimum Gasteiger partial charge on any atom is -0.291 e. The van der Waals surface area contributed by atoms with E-state index in [1.807, 2.05) is 24.3 Å². The van der Waals surface area contributed by atoms with Crippen molar-refractivity contribution in [2.75, 3.05) is 5.32 Å². The fourth-order valence-corrected chi connectivity index (χ4v) is 2.14. The summed E-state index contributed by atoms with van der Waals surface area (Å²) in [6, 6.07) is 12.6. The van der Waals surface area contributed by atoms with Crippen molar-refractivity contribution in [2.24, 2.45) is 0 Å². The predicted molar refractivity (Wildman–Crippen MR) is 91.6 cm³/mol. The highest BCUT2D eigenvalue weighted by Gasteiger charge is 2.05. The van der Waals surface area contributed by atoms with Crippen LogP contribution < -0.4 is 16.2 Å². The van der Waals surface area contributed by atoms with Gasteiger partial charge in [-0.2, -0.15) is 0 Å². The Hall–Kier alpha value is -2.41. The van der Waals surface area contributed by atoms with E-state index in [4.69, 9.17) is 0 Å². The summed E-state index contributed by atoms with van der Waals surface area (Å²) in [6.07, 6.45) is 3.41. The van der Waals surface area contributed by atoms with Gasteiger partial charge in [-0.25, -0.2) is 15.2 Å². The first-order chi connectivity index (χ1) is 11.1. The molecular formula is C16H17BrN4O2. The van der Waals surface area contributed by atoms with Gasteiger partial charge in [0, 0.05) is 17.1 Å². The van der Waals surface area contributed by atoms with Crippen LogP contribution in [-0.4, -0.2) is 16.9 Å². The molecule has 0 bridgehead atoms. The Balaban J connectivity index is 1.63. The van der Waals surface area contributed by atoms with Crippen molar-refractivity contribution in [3.05, 3.63) is 58.7 Å². The van der Waals surface area contributed by atoms with Crippen molar-refractivity contribution in [1.29, 1.82) is 0 Å². The molecule has 2 aromatic rings. The second-order valence-corrected chi connectivity index (χ2v) is 5.74. The molecule has 0 saturated heterocycles. The zero-order valence-corrected chi connectivity index (χ0v) is 14.0. The lowest BCUT2D eigenvalue weighted by Crippen LogP contribution is -2.43. The van der Waals surface area contributed by atoms with Crippen molar-refractivity contribution in [3.63, 3.8) is 0 Å². The number of pyridine rings is 1. The Labute approximate surface area is 142 Å². The topological polar surface area (TPSA) is 83.1 Å². The molecule has 0 aliphatic carbocycles. The van der Waals surface area contributed by atoms with Crippen LogP contribution in [0.3, 0.4) is 0 Å². The van der Waals surface area contributed by atoms with Crippen molar-refractivity contribution in [3.8, 4) is 0 Å². The van der Waals surface area contributed by atoms with Gasteiger partial charge >= 0.3 is 6.03 Å². The third kappa shape index (κ3) is 6.48. The minimum absolute atomic E-state index is 0.238. The third-order valence-corrected chi connectivity index (χ3v) is 3.53. The highest BCUT2D eigenvalue weighted by Crippen LogP contribution is 2.12. The number of carbonyl (C=O) groups is 2. The number of hydrazine groups is 1. The van der Waals surface area contributed by atoms with Crippen LogP contribution in [0, 0.1) is 0 Å². The van der Waals surface area contributed by atoms with E-state index in [0.717, 1.165) is 10.9 Å². The van der Waals surface area contributed by atoms with Crippen molar-refractivity contribution < 1.29 is 9.59 Å². The van der Waals surface area contributed by atoms with Crippen LogP contribution in [0.4, 0.5) is 10.6 Å². The Kier molecular flexibility index (Phi) is 6.56. The first kappa shape index (κ1) is 17.0. The standard InChI is InChI=1S/C16H17BrN4O2/c17-13-9-7-12(8-10-13)4-3-6-15(22)20-21-16(23)19-14-5-1-2-11-18-14/h1-2,5,7-11H,3-4,6H2,(H,20,22)(H2,18,19,21,23). The molecular weight excluding hydrogens is 360 g/mol. The second kappa shape index (κ2) is 8.89. The summed E-state index contributed by atoms with van der Waals surface area (Å²) in [5, 5.41) is 2.50. The number of urea groups is 1. The highest BCUT2D eigenvalue weighted by atomic mass is 79.9. The summed E-state index contributed by atoms with van der Waals surface area (Å²) in [5.41, 5.74) is 5.82. The number of nitrogens with zero attached hydrogens (tertiary/aromatic N) is 1. The number of rotatable bonds is 5. The average Bonchev–Trinajstić information content (AvgIpc) is 2.56. The van der Waals surface area contributed by atoms with E-state index in [2.05, 4.69) is 37.1 Å². The molecule has 120 valence electrons. The highest BCUT2D eigenvalue weighted by molar-refractivity contribution is 9.10. The molecule has 0 saturated carbocycles. The number of aromatic nitrogens is 1. The predicted octanol–water partition coefficient (Wildman–Crippen LogP) is 3.02. The van der Waals surface area contributed by atoms with E-state index >= 15 is 0 Å². The van der Waals surface area contributed by atoms with Gasteiger partial charge in [0.05, 0.1) is 0 Å². The van der Waals surface area contributed by atoms with E-state index in [1.165, 1.54) is 5.56 Å². The van der Waals surface area contributed by atoms with Crippen molar-refractivity contribution >= 4 is 33.7 Å². The van der Waals surface area contributed by atoms with Gasteiger partial charge in [0.15, 0.2) is 0 Å². The van der Waals surface area contributed by atoms with Crippen LogP contribution in [0.2, 0.25) is 0 Å². The van der Waals surface area contributed by atoms with Crippen LogP contribution in [0.5, 0.6) is 0 Å². The molecule has 0 spiro atoms. The number of hydrogen-bond donors (Lipinski definition) is 3. The second-order valence-electron chi connectivity index (χ2n) is 4.82. The lowest BCUT2D eigenvalue weighted by Gasteiger charge is -2.08. The van der Waals surface area contributed by atoms with Crippen molar-refractivity contribution in [2.45, 2.75) is 19.3 Å². The van der Waals surface area contributed by atoms with Crippen LogP contribution in [-0.2, 0) is 11.2 Å². The fraction of sp³-hybridized carbons (Fsp3) is 0.188. The Bertz CT molecular complexity index is 647. The number of carbonyl (C=O) groups excluding carboxylic acids is 2. The Morgan fingerprint density at radius 1 is 1.04 bits per heavy atom. The molecule has 7 heteroatoms. The lowest BCUT2D eigenvalue weighted by molar-refractivity contribution is -0.121. The molecule has 0 radical (unpaired) electrons. The Morgan fingerprint density at radius 2 is 1.83 bits per heavy atom. The quantitative estimate of drug-likeness (QED) is 0.701. The van der Waals surface area contributed by atoms with Crippen molar-refractivity contribution in [1.82, 2.24) is 15.8 Å². The molecule has 6 nitrogen and oxygen atoms in total. The van der Waals surface area contributed by atoms with Crippen LogP contribution in [0.1, 0.15) is 18.4 Å². The van der Waals surface area contributed by atoms with E-state index in [0.29, 0.717) is 18.7 Å². The number of hydrogen-bond acceptors (Lipinski definition) is 3. The molecule has 0 unspecified atom stereocenters. The molecule has 1 aromatic carbocycles. The van der Waals surface area contributed by atoms with E-state index < -0.39 is 6.03 Å². The van der Waals surface area contributed by atoms with Gasteiger partial charge in [0.25, 0.3) is 0 Å². The first-order valence-corrected chi connectivity index (χ1v) is 7.94. The van der Waals surface area contributed by atoms with Gasteiger partial charge in [-0.3, -0.25) is 15.5 Å². The number of amides is 3. The molecule has 2 rings (SSSR count). The zero-order valence-electron chi connectivity index (χ0n) is 12.4. The maximum absolute atomic E-state index is 11.7. The molecule has 0 atom stereocenters. The van der Waals surface area contributed by atoms with E-state index in [1.54, 1.807) is 24.4 Å². The van der Waals surface area contributed by atoms with Crippen LogP contribution in [0.15, 0.2) is 53.1 Å². The zero-order chi connectivity index (χ0) is 16.5. The first-order valence-electron chi connectivity index (χ1n) is 7.15. The third-order valence-electron chi connectivity index (χ3n) is 3.00. The summed E-state index contributed by atoms with van der Waals surface area (Å²) in [4.78, 5) is 27.2. The number of aryl methyl sites for hydroxylation is 1. The van der Waals surface area contributed by atoms with E-state index in [-0.39, 0.29) is 5.91 Å².